The smallest absolute Gasteiger partial charge is 0.234 e. The first-order valence-corrected chi connectivity index (χ1v) is 11.0. The van der Waals surface area contributed by atoms with Gasteiger partial charge in [0.2, 0.25) is 5.91 Å². The summed E-state index contributed by atoms with van der Waals surface area (Å²) >= 11 is 13.3. The monoisotopic (exact) mass is 448 g/mol. The third-order valence-electron chi connectivity index (χ3n) is 4.35. The van der Waals surface area contributed by atoms with Crippen molar-refractivity contribution in [3.8, 4) is 11.4 Å². The summed E-state index contributed by atoms with van der Waals surface area (Å²) < 4.78 is 2.01. The van der Waals surface area contributed by atoms with Gasteiger partial charge in [-0.15, -0.1) is 10.2 Å². The number of rotatable bonds is 7. The van der Waals surface area contributed by atoms with E-state index < -0.39 is 0 Å². The maximum atomic E-state index is 12.3. The highest BCUT2D eigenvalue weighted by atomic mass is 35.5. The van der Waals surface area contributed by atoms with Gasteiger partial charge in [-0.2, -0.15) is 0 Å². The van der Waals surface area contributed by atoms with Crippen LogP contribution < -0.4 is 5.32 Å². The third kappa shape index (κ3) is 5.53. The van der Waals surface area contributed by atoms with Crippen molar-refractivity contribution in [2.45, 2.75) is 38.4 Å². The summed E-state index contributed by atoms with van der Waals surface area (Å²) in [7, 11) is 0. The first-order valence-electron chi connectivity index (χ1n) is 9.29. The van der Waals surface area contributed by atoms with E-state index in [4.69, 9.17) is 23.2 Å². The van der Waals surface area contributed by atoms with Crippen LogP contribution in [0.2, 0.25) is 10.0 Å². The van der Waals surface area contributed by atoms with Gasteiger partial charge >= 0.3 is 0 Å². The van der Waals surface area contributed by atoms with Crippen LogP contribution in [0, 0.1) is 0 Å². The number of benzene rings is 2. The average Bonchev–Trinajstić information content (AvgIpc) is 3.08. The maximum absolute atomic E-state index is 12.3. The third-order valence-corrected chi connectivity index (χ3v) is 5.75. The van der Waals surface area contributed by atoms with Crippen LogP contribution in [0.3, 0.4) is 0 Å². The van der Waals surface area contributed by atoms with Gasteiger partial charge in [0.15, 0.2) is 11.0 Å². The molecular weight excluding hydrogens is 427 g/mol. The molecule has 8 heteroatoms. The van der Waals surface area contributed by atoms with Crippen molar-refractivity contribution in [2.24, 2.45) is 0 Å². The first kappa shape index (κ1) is 21.7. The summed E-state index contributed by atoms with van der Waals surface area (Å²) in [6, 6.07) is 13.3. The zero-order valence-corrected chi connectivity index (χ0v) is 18.8. The Morgan fingerprint density at radius 2 is 1.76 bits per heavy atom. The lowest BCUT2D eigenvalue weighted by Gasteiger charge is -2.09. The van der Waals surface area contributed by atoms with Crippen molar-refractivity contribution in [1.29, 1.82) is 0 Å². The topological polar surface area (TPSA) is 59.8 Å². The minimum absolute atomic E-state index is 0.165. The van der Waals surface area contributed by atoms with E-state index in [-0.39, 0.29) is 11.7 Å². The maximum Gasteiger partial charge on any atom is 0.234 e. The molecule has 0 unspecified atom stereocenters. The molecule has 1 heterocycles. The van der Waals surface area contributed by atoms with Crippen molar-refractivity contribution >= 4 is 46.6 Å². The van der Waals surface area contributed by atoms with E-state index in [1.165, 1.54) is 17.3 Å². The summed E-state index contributed by atoms with van der Waals surface area (Å²) in [4.78, 5) is 12.3. The molecule has 0 aliphatic rings. The zero-order valence-electron chi connectivity index (χ0n) is 16.4. The van der Waals surface area contributed by atoms with Crippen LogP contribution >= 0.6 is 35.0 Å². The van der Waals surface area contributed by atoms with Crippen LogP contribution in [0.5, 0.6) is 0 Å². The number of aromatic nitrogens is 3. The lowest BCUT2D eigenvalue weighted by molar-refractivity contribution is -0.113. The van der Waals surface area contributed by atoms with Crippen LogP contribution in [0.1, 0.15) is 32.3 Å². The predicted molar refractivity (Wildman–Crippen MR) is 121 cm³/mol. The SMILES string of the molecule is CCn1c(SCC(=O)Nc2cc(Cl)cc(Cl)c2)nnc1-c1ccc(C(C)C)cc1. The van der Waals surface area contributed by atoms with Gasteiger partial charge in [-0.05, 0) is 36.6 Å². The number of carbonyl (C=O) groups is 1. The molecule has 0 radical (unpaired) electrons. The quantitative estimate of drug-likeness (QED) is 0.441. The van der Waals surface area contributed by atoms with E-state index in [1.807, 2.05) is 11.5 Å². The average molecular weight is 449 g/mol. The molecule has 1 amide bonds. The molecular formula is C21H22Cl2N4OS. The van der Waals surface area contributed by atoms with Crippen LogP contribution in [0.4, 0.5) is 5.69 Å². The Labute approximate surface area is 184 Å². The fourth-order valence-corrected chi connectivity index (χ4v) is 4.19. The molecule has 0 saturated carbocycles. The van der Waals surface area contributed by atoms with Gasteiger partial charge in [0.25, 0.3) is 0 Å². The Kier molecular flexibility index (Phi) is 7.22. The Morgan fingerprint density at radius 1 is 1.10 bits per heavy atom. The molecule has 0 fully saturated rings. The molecule has 152 valence electrons. The normalized spacial score (nSPS) is 11.1. The molecule has 0 saturated heterocycles. The molecule has 29 heavy (non-hydrogen) atoms. The van der Waals surface area contributed by atoms with Crippen LogP contribution in [0.25, 0.3) is 11.4 Å². The number of carbonyl (C=O) groups excluding carboxylic acids is 1. The summed E-state index contributed by atoms with van der Waals surface area (Å²) in [5.74, 6) is 1.32. The molecule has 3 aromatic rings. The van der Waals surface area contributed by atoms with Gasteiger partial charge in [-0.3, -0.25) is 4.79 Å². The number of nitrogens with zero attached hydrogens (tertiary/aromatic N) is 3. The lowest BCUT2D eigenvalue weighted by atomic mass is 10.0. The minimum Gasteiger partial charge on any atom is -0.325 e. The molecule has 0 spiro atoms. The predicted octanol–water partition coefficient (Wildman–Crippen LogP) is 6.13. The number of amides is 1. The summed E-state index contributed by atoms with van der Waals surface area (Å²) in [5.41, 5.74) is 2.85. The van der Waals surface area contributed by atoms with E-state index in [2.05, 4.69) is 53.6 Å². The van der Waals surface area contributed by atoms with Crippen molar-refractivity contribution in [2.75, 3.05) is 11.1 Å². The van der Waals surface area contributed by atoms with Crippen molar-refractivity contribution < 1.29 is 4.79 Å². The molecule has 5 nitrogen and oxygen atoms in total. The van der Waals surface area contributed by atoms with Gasteiger partial charge in [0.05, 0.1) is 5.75 Å². The minimum atomic E-state index is -0.165. The van der Waals surface area contributed by atoms with Gasteiger partial charge in [0.1, 0.15) is 0 Å². The summed E-state index contributed by atoms with van der Waals surface area (Å²) in [5, 5.41) is 13.1. The number of anilines is 1. The Hall–Kier alpha value is -2.02. The van der Waals surface area contributed by atoms with Crippen LogP contribution in [0.15, 0.2) is 47.6 Å². The highest BCUT2D eigenvalue weighted by Gasteiger charge is 2.15. The first-order chi connectivity index (χ1) is 13.9. The number of nitrogens with one attached hydrogen (secondary N) is 1. The summed E-state index contributed by atoms with van der Waals surface area (Å²) in [6.07, 6.45) is 0. The standard InChI is InChI=1S/C21H22Cl2N4OS/c1-4-27-20(15-7-5-14(6-8-15)13(2)3)25-26-21(27)29-12-19(28)24-18-10-16(22)9-17(23)11-18/h5-11,13H,4,12H2,1-3H3,(H,24,28). The fraction of sp³-hybridized carbons (Fsp3) is 0.286. The highest BCUT2D eigenvalue weighted by Crippen LogP contribution is 2.26. The second-order valence-electron chi connectivity index (χ2n) is 6.82. The van der Waals surface area contributed by atoms with E-state index in [9.17, 15) is 4.79 Å². The number of hydrogen-bond donors (Lipinski definition) is 1. The van der Waals surface area contributed by atoms with Gasteiger partial charge < -0.3 is 9.88 Å². The van der Waals surface area contributed by atoms with E-state index in [0.29, 0.717) is 33.4 Å². The highest BCUT2D eigenvalue weighted by molar-refractivity contribution is 7.99. The van der Waals surface area contributed by atoms with E-state index >= 15 is 0 Å². The second-order valence-corrected chi connectivity index (χ2v) is 8.64. The van der Waals surface area contributed by atoms with Gasteiger partial charge in [0, 0.05) is 27.8 Å². The molecule has 3 rings (SSSR count). The molecule has 0 bridgehead atoms. The van der Waals surface area contributed by atoms with Gasteiger partial charge in [-0.25, -0.2) is 0 Å². The molecule has 0 aliphatic heterocycles. The number of hydrogen-bond acceptors (Lipinski definition) is 4. The molecule has 2 aromatic carbocycles. The van der Waals surface area contributed by atoms with Gasteiger partial charge in [-0.1, -0.05) is 73.1 Å². The van der Waals surface area contributed by atoms with Crippen LogP contribution in [-0.4, -0.2) is 26.4 Å². The summed E-state index contributed by atoms with van der Waals surface area (Å²) in [6.45, 7) is 7.08. The molecule has 1 aromatic heterocycles. The number of halogens is 2. The second kappa shape index (κ2) is 9.65. The zero-order chi connectivity index (χ0) is 21.0. The Bertz CT molecular complexity index is 982. The van der Waals surface area contributed by atoms with Crippen molar-refractivity contribution in [3.63, 3.8) is 0 Å². The van der Waals surface area contributed by atoms with E-state index in [0.717, 1.165) is 11.4 Å². The molecule has 0 aliphatic carbocycles. The Morgan fingerprint density at radius 3 is 2.34 bits per heavy atom. The van der Waals surface area contributed by atoms with E-state index in [1.54, 1.807) is 18.2 Å². The fourth-order valence-electron chi connectivity index (χ4n) is 2.86. The molecule has 0 atom stereocenters. The largest absolute Gasteiger partial charge is 0.325 e. The Balaban J connectivity index is 1.69. The molecule has 1 N–H and O–H groups in total. The van der Waals surface area contributed by atoms with Crippen LogP contribution in [-0.2, 0) is 11.3 Å². The van der Waals surface area contributed by atoms with Crippen molar-refractivity contribution in [3.05, 3.63) is 58.1 Å². The number of thioether (sulfide) groups is 1. The van der Waals surface area contributed by atoms with Crippen molar-refractivity contribution in [1.82, 2.24) is 14.8 Å². The lowest BCUT2D eigenvalue weighted by Crippen LogP contribution is -2.14.